The molecule has 9 atom stereocenters. The summed E-state index contributed by atoms with van der Waals surface area (Å²) in [6.45, 7) is 8.99. The van der Waals surface area contributed by atoms with Crippen LogP contribution in [0.2, 0.25) is 0 Å². The first-order valence-corrected chi connectivity index (χ1v) is 14.0. The van der Waals surface area contributed by atoms with Crippen LogP contribution in [0.5, 0.6) is 0 Å². The van der Waals surface area contributed by atoms with E-state index in [1.807, 2.05) is 13.0 Å². The van der Waals surface area contributed by atoms with Crippen molar-refractivity contribution < 1.29 is 47.6 Å². The minimum Gasteiger partial charge on any atom is -0.472 e. The van der Waals surface area contributed by atoms with Crippen LogP contribution in [-0.2, 0) is 38.1 Å². The number of rotatable bonds is 5. The fourth-order valence-corrected chi connectivity index (χ4v) is 9.00. The van der Waals surface area contributed by atoms with Crippen molar-refractivity contribution in [3.8, 4) is 0 Å². The molecule has 0 amide bonds. The number of ketones is 1. The molecule has 220 valence electrons. The number of cyclic esters (lactones) is 1. The standard InChI is InChI=1S/C31H36O10/c1-7-8-20(32)40-25-27(2,3)18(13-21(33)37-6)29(5)17-9-11-28(4)19(31(17)26(41-31)30(25,36)24(29)35)14-22(34)39-23(28)16-10-12-38-15-16/h7-10,12,15,18-19,23,25-26,36H,11,13-14H2,1-6H3/b8-7+/t18-,19+,23-,25-,26+,28+,29+,30-,31+/m0/s1. The maximum Gasteiger partial charge on any atom is 0.330 e. The van der Waals surface area contributed by atoms with Crippen LogP contribution in [0.3, 0.4) is 0 Å². The van der Waals surface area contributed by atoms with Crippen LogP contribution in [0.1, 0.15) is 65.5 Å². The zero-order valence-corrected chi connectivity index (χ0v) is 24.1. The van der Waals surface area contributed by atoms with Gasteiger partial charge in [-0.25, -0.2) is 4.79 Å². The quantitative estimate of drug-likeness (QED) is 0.185. The molecule has 5 aliphatic rings. The average molecular weight is 569 g/mol. The van der Waals surface area contributed by atoms with Gasteiger partial charge >= 0.3 is 17.9 Å². The zero-order valence-electron chi connectivity index (χ0n) is 24.1. The van der Waals surface area contributed by atoms with E-state index in [1.54, 1.807) is 40.0 Å². The second kappa shape index (κ2) is 8.64. The minimum atomic E-state index is -2.23. The molecule has 41 heavy (non-hydrogen) atoms. The molecular weight excluding hydrogens is 532 g/mol. The molecule has 3 aliphatic carbocycles. The van der Waals surface area contributed by atoms with Crippen LogP contribution in [0.15, 0.2) is 46.8 Å². The second-order valence-electron chi connectivity index (χ2n) is 13.1. The van der Waals surface area contributed by atoms with Gasteiger partial charge in [-0.05, 0) is 37.8 Å². The third-order valence-electron chi connectivity index (χ3n) is 10.8. The summed E-state index contributed by atoms with van der Waals surface area (Å²) in [7, 11) is 1.28. The Bertz CT molecular complexity index is 1390. The number of methoxy groups -OCH3 is 1. The highest BCUT2D eigenvalue weighted by Gasteiger charge is 2.89. The first kappa shape index (κ1) is 27.9. The second-order valence-corrected chi connectivity index (χ2v) is 13.1. The molecule has 1 N–H and O–H groups in total. The maximum absolute atomic E-state index is 14.6. The lowest BCUT2D eigenvalue weighted by Crippen LogP contribution is -2.78. The van der Waals surface area contributed by atoms with Crippen molar-refractivity contribution in [3.05, 3.63) is 48.0 Å². The summed E-state index contributed by atoms with van der Waals surface area (Å²) < 4.78 is 28.6. The summed E-state index contributed by atoms with van der Waals surface area (Å²) in [6, 6.07) is 1.76. The van der Waals surface area contributed by atoms with Gasteiger partial charge in [-0.2, -0.15) is 0 Å². The highest BCUT2D eigenvalue weighted by atomic mass is 16.6. The SMILES string of the molecule is C/C=C/C(=O)O[C@H]1C(C)(C)[C@H](CC(=O)OC)[C@]2(C)C(=O)[C@@]1(O)[C@H]1O[C@@]13C2=CC[C@]1(C)[C@H]3CC(=O)O[C@H]1c1ccoc1. The number of epoxide rings is 1. The van der Waals surface area contributed by atoms with E-state index in [0.717, 1.165) is 0 Å². The molecule has 1 aromatic rings. The van der Waals surface area contributed by atoms with Crippen LogP contribution < -0.4 is 0 Å². The van der Waals surface area contributed by atoms with E-state index < -0.39 is 81.3 Å². The molecule has 2 saturated heterocycles. The summed E-state index contributed by atoms with van der Waals surface area (Å²) in [4.78, 5) is 53.3. The summed E-state index contributed by atoms with van der Waals surface area (Å²) in [5.41, 5.74) is -5.18. The monoisotopic (exact) mass is 568 g/mol. The Morgan fingerprint density at radius 3 is 2.56 bits per heavy atom. The van der Waals surface area contributed by atoms with E-state index in [1.165, 1.54) is 25.5 Å². The lowest BCUT2D eigenvalue weighted by molar-refractivity contribution is -0.226. The molecule has 1 spiro atoms. The van der Waals surface area contributed by atoms with Gasteiger partial charge in [-0.1, -0.05) is 32.9 Å². The van der Waals surface area contributed by atoms with E-state index in [4.69, 9.17) is 23.4 Å². The number of allylic oxidation sites excluding steroid dienone is 2. The predicted octanol–water partition coefficient (Wildman–Crippen LogP) is 3.38. The number of hydrogen-bond donors (Lipinski definition) is 1. The Kier molecular flexibility index (Phi) is 5.88. The first-order valence-electron chi connectivity index (χ1n) is 14.0. The van der Waals surface area contributed by atoms with E-state index >= 15 is 0 Å². The number of hydrogen-bond acceptors (Lipinski definition) is 10. The third-order valence-corrected chi connectivity index (χ3v) is 10.8. The van der Waals surface area contributed by atoms with Crippen molar-refractivity contribution in [1.82, 2.24) is 0 Å². The Hall–Kier alpha value is -3.24. The summed E-state index contributed by atoms with van der Waals surface area (Å²) in [5, 5.41) is 12.5. The third kappa shape index (κ3) is 3.31. The normalized spacial score (nSPS) is 43.7. The molecule has 0 unspecified atom stereocenters. The fourth-order valence-electron chi connectivity index (χ4n) is 9.00. The van der Waals surface area contributed by atoms with Crippen molar-refractivity contribution in [2.45, 2.75) is 83.4 Å². The van der Waals surface area contributed by atoms with Gasteiger partial charge in [0.05, 0.1) is 37.9 Å². The largest absolute Gasteiger partial charge is 0.472 e. The van der Waals surface area contributed by atoms with Crippen LogP contribution in [0, 0.1) is 28.1 Å². The maximum atomic E-state index is 14.6. The number of carbonyl (C=O) groups is 4. The predicted molar refractivity (Wildman–Crippen MR) is 141 cm³/mol. The number of ether oxygens (including phenoxy) is 4. The van der Waals surface area contributed by atoms with Gasteiger partial charge in [0, 0.05) is 28.4 Å². The van der Waals surface area contributed by atoms with Gasteiger partial charge in [0.1, 0.15) is 23.9 Å². The van der Waals surface area contributed by atoms with Gasteiger partial charge in [0.2, 0.25) is 0 Å². The van der Waals surface area contributed by atoms with Crippen LogP contribution in [-0.4, -0.2) is 59.3 Å². The molecule has 4 fully saturated rings. The van der Waals surface area contributed by atoms with Crippen molar-refractivity contribution in [2.75, 3.05) is 7.11 Å². The van der Waals surface area contributed by atoms with Crippen LogP contribution in [0.4, 0.5) is 0 Å². The Balaban J connectivity index is 1.56. The lowest BCUT2D eigenvalue weighted by atomic mass is 9.39. The zero-order chi connectivity index (χ0) is 29.8. The molecular formula is C31H36O10. The molecule has 0 radical (unpaired) electrons. The highest BCUT2D eigenvalue weighted by molar-refractivity contribution is 6.02. The van der Waals surface area contributed by atoms with Crippen molar-refractivity contribution in [1.29, 1.82) is 0 Å². The topological polar surface area (TPSA) is 142 Å². The molecule has 10 nitrogen and oxygen atoms in total. The Morgan fingerprint density at radius 1 is 1.20 bits per heavy atom. The van der Waals surface area contributed by atoms with E-state index in [0.29, 0.717) is 17.6 Å². The van der Waals surface area contributed by atoms with E-state index in [9.17, 15) is 24.3 Å². The molecule has 3 heterocycles. The average Bonchev–Trinajstić information content (AvgIpc) is 3.41. The number of aliphatic hydroxyl groups is 1. The van der Waals surface area contributed by atoms with Gasteiger partial charge in [0.15, 0.2) is 11.4 Å². The summed E-state index contributed by atoms with van der Waals surface area (Å²) in [6.07, 6.45) is 5.04. The molecule has 0 aromatic carbocycles. The number of furan rings is 1. The fraction of sp³-hybridized carbons (Fsp3) is 0.613. The van der Waals surface area contributed by atoms with Crippen molar-refractivity contribution in [3.63, 3.8) is 0 Å². The number of carbonyl (C=O) groups excluding carboxylic acids is 4. The smallest absolute Gasteiger partial charge is 0.330 e. The Labute approximate surface area is 238 Å². The van der Waals surface area contributed by atoms with Gasteiger partial charge in [-0.15, -0.1) is 0 Å². The van der Waals surface area contributed by atoms with Crippen LogP contribution >= 0.6 is 0 Å². The van der Waals surface area contributed by atoms with Gasteiger partial charge in [0.25, 0.3) is 0 Å². The van der Waals surface area contributed by atoms with Gasteiger partial charge < -0.3 is 28.5 Å². The number of esters is 3. The molecule has 2 saturated carbocycles. The first-order chi connectivity index (χ1) is 19.2. The van der Waals surface area contributed by atoms with Crippen LogP contribution in [0.25, 0.3) is 0 Å². The van der Waals surface area contributed by atoms with E-state index in [-0.39, 0.29) is 12.8 Å². The summed E-state index contributed by atoms with van der Waals surface area (Å²) in [5.74, 6) is -3.45. The highest BCUT2D eigenvalue weighted by Crippen LogP contribution is 2.77. The number of Topliss-reactive ketones (excluding diaryl/α,β-unsaturated/α-hetero) is 1. The number of fused-ring (bicyclic) bond motifs is 5. The lowest BCUT2D eigenvalue weighted by Gasteiger charge is -2.64. The van der Waals surface area contributed by atoms with E-state index in [2.05, 4.69) is 0 Å². The van der Waals surface area contributed by atoms with Crippen molar-refractivity contribution in [2.24, 2.45) is 28.1 Å². The van der Waals surface area contributed by atoms with Gasteiger partial charge in [-0.3, -0.25) is 14.4 Å². The molecule has 2 bridgehead atoms. The molecule has 1 aromatic heterocycles. The van der Waals surface area contributed by atoms with Crippen molar-refractivity contribution >= 4 is 23.7 Å². The molecule has 6 rings (SSSR count). The molecule has 10 heteroatoms. The Morgan fingerprint density at radius 2 is 1.93 bits per heavy atom. The summed E-state index contributed by atoms with van der Waals surface area (Å²) >= 11 is 0. The minimum absolute atomic E-state index is 0.00707. The molecule has 2 aliphatic heterocycles.